The Morgan fingerprint density at radius 2 is 1.86 bits per heavy atom. The summed E-state index contributed by atoms with van der Waals surface area (Å²) in [5.41, 5.74) is 1.66. The molecule has 1 aliphatic rings. The number of para-hydroxylation sites is 1. The van der Waals surface area contributed by atoms with Gasteiger partial charge in [-0.1, -0.05) is 59.8 Å². The Morgan fingerprint density at radius 3 is 2.55 bits per heavy atom. The molecule has 2 aromatic carbocycles. The van der Waals surface area contributed by atoms with Crippen molar-refractivity contribution in [2.75, 3.05) is 18.2 Å². The average Bonchev–Trinajstić information content (AvgIpc) is 2.72. The van der Waals surface area contributed by atoms with E-state index in [0.717, 1.165) is 11.8 Å². The molecule has 0 aliphatic carbocycles. The number of methoxy groups -OCH3 is 1. The second kappa shape index (κ2) is 9.62. The first-order valence-electron chi connectivity index (χ1n) is 8.84. The number of benzene rings is 2. The molecule has 29 heavy (non-hydrogen) atoms. The third kappa shape index (κ3) is 5.19. The molecule has 6 nitrogen and oxygen atoms in total. The molecule has 0 aromatic heterocycles. The monoisotopic (exact) mass is 430 g/mol. The van der Waals surface area contributed by atoms with Gasteiger partial charge in [0.2, 0.25) is 5.91 Å². The van der Waals surface area contributed by atoms with Crippen molar-refractivity contribution in [2.24, 2.45) is 0 Å². The highest BCUT2D eigenvalue weighted by Crippen LogP contribution is 2.39. The summed E-state index contributed by atoms with van der Waals surface area (Å²) in [6.45, 7) is 0. The number of nitrogens with one attached hydrogen (secondary N) is 2. The predicted molar refractivity (Wildman–Crippen MR) is 114 cm³/mol. The second-order valence-corrected chi connectivity index (χ2v) is 7.65. The summed E-state index contributed by atoms with van der Waals surface area (Å²) in [7, 11) is 1.28. The lowest BCUT2D eigenvalue weighted by atomic mass is 9.86. The highest BCUT2D eigenvalue weighted by Gasteiger charge is 2.34. The highest BCUT2D eigenvalue weighted by atomic mass is 35.5. The summed E-state index contributed by atoms with van der Waals surface area (Å²) in [5.74, 6) is -1.66. The summed E-state index contributed by atoms with van der Waals surface area (Å²) in [6.07, 6.45) is 0.0730. The Kier molecular flexibility index (Phi) is 6.95. The van der Waals surface area contributed by atoms with E-state index in [1.807, 2.05) is 24.3 Å². The van der Waals surface area contributed by atoms with Crippen molar-refractivity contribution in [2.45, 2.75) is 12.3 Å². The summed E-state index contributed by atoms with van der Waals surface area (Å²) < 4.78 is 4.67. The average molecular weight is 431 g/mol. The predicted octanol–water partition coefficient (Wildman–Crippen LogP) is 3.70. The third-order valence-electron chi connectivity index (χ3n) is 4.35. The molecule has 3 rings (SSSR count). The van der Waals surface area contributed by atoms with E-state index in [1.54, 1.807) is 30.3 Å². The number of carbonyl (C=O) groups excluding carboxylic acids is 3. The summed E-state index contributed by atoms with van der Waals surface area (Å²) in [6, 6.07) is 16.1. The van der Waals surface area contributed by atoms with Crippen molar-refractivity contribution in [1.29, 1.82) is 0 Å². The molecule has 0 spiro atoms. The van der Waals surface area contributed by atoms with Crippen LogP contribution in [0, 0.1) is 0 Å². The van der Waals surface area contributed by atoms with Gasteiger partial charge in [0.1, 0.15) is 0 Å². The first-order valence-corrected chi connectivity index (χ1v) is 10.2. The molecule has 8 heteroatoms. The maximum Gasteiger partial charge on any atom is 0.316 e. The van der Waals surface area contributed by atoms with Crippen LogP contribution in [0.4, 0.5) is 5.69 Å². The van der Waals surface area contributed by atoms with E-state index in [4.69, 9.17) is 11.6 Å². The van der Waals surface area contributed by atoms with Crippen LogP contribution in [0.2, 0.25) is 5.02 Å². The van der Waals surface area contributed by atoms with Crippen LogP contribution in [0.1, 0.15) is 17.9 Å². The molecular weight excluding hydrogens is 412 g/mol. The van der Waals surface area contributed by atoms with Gasteiger partial charge >= 0.3 is 5.97 Å². The maximum absolute atomic E-state index is 13.2. The number of hydrogen-bond donors (Lipinski definition) is 2. The van der Waals surface area contributed by atoms with Crippen molar-refractivity contribution >= 4 is 46.8 Å². The number of amides is 2. The van der Waals surface area contributed by atoms with Crippen LogP contribution in [-0.4, -0.2) is 30.6 Å². The molecule has 1 unspecified atom stereocenters. The fourth-order valence-corrected chi connectivity index (χ4v) is 4.22. The molecule has 0 bridgehead atoms. The molecule has 2 aromatic rings. The molecule has 0 saturated carbocycles. The van der Waals surface area contributed by atoms with Gasteiger partial charge < -0.3 is 15.4 Å². The van der Waals surface area contributed by atoms with E-state index in [-0.39, 0.29) is 24.0 Å². The van der Waals surface area contributed by atoms with Crippen molar-refractivity contribution in [3.05, 3.63) is 75.8 Å². The molecule has 2 amide bonds. The van der Waals surface area contributed by atoms with Gasteiger partial charge in [-0.15, -0.1) is 0 Å². The normalized spacial score (nSPS) is 16.2. The van der Waals surface area contributed by atoms with Crippen LogP contribution in [-0.2, 0) is 19.1 Å². The lowest BCUT2D eigenvalue weighted by molar-refractivity contribution is -0.137. The Labute approximate surface area is 177 Å². The summed E-state index contributed by atoms with van der Waals surface area (Å²) >= 11 is 7.42. The number of thioether (sulfide) groups is 1. The quantitative estimate of drug-likeness (QED) is 0.682. The zero-order valence-electron chi connectivity index (χ0n) is 15.6. The van der Waals surface area contributed by atoms with Crippen LogP contribution in [0.25, 0.3) is 0 Å². The van der Waals surface area contributed by atoms with Crippen LogP contribution in [0.15, 0.2) is 65.2 Å². The fourth-order valence-electron chi connectivity index (χ4n) is 3.00. The molecule has 0 saturated heterocycles. The van der Waals surface area contributed by atoms with E-state index >= 15 is 0 Å². The van der Waals surface area contributed by atoms with Gasteiger partial charge in [0, 0.05) is 23.0 Å². The van der Waals surface area contributed by atoms with Crippen molar-refractivity contribution < 1.29 is 19.1 Å². The Balaban J connectivity index is 2.02. The molecule has 0 fully saturated rings. The number of esters is 1. The fraction of sp³-hybridized carbons (Fsp3) is 0.190. The maximum atomic E-state index is 13.2. The minimum Gasteiger partial charge on any atom is -0.468 e. The summed E-state index contributed by atoms with van der Waals surface area (Å²) in [5, 5.41) is 6.37. The Morgan fingerprint density at radius 1 is 1.17 bits per heavy atom. The van der Waals surface area contributed by atoms with E-state index in [2.05, 4.69) is 15.4 Å². The first kappa shape index (κ1) is 21.0. The van der Waals surface area contributed by atoms with Gasteiger partial charge in [0.05, 0.1) is 23.5 Å². The minimum atomic E-state index is -0.540. The topological polar surface area (TPSA) is 84.5 Å². The van der Waals surface area contributed by atoms with E-state index in [1.165, 1.54) is 7.11 Å². The number of hydrogen-bond acceptors (Lipinski definition) is 5. The molecule has 1 aliphatic heterocycles. The van der Waals surface area contributed by atoms with E-state index < -0.39 is 11.9 Å². The molecule has 0 radical (unpaired) electrons. The largest absolute Gasteiger partial charge is 0.468 e. The lowest BCUT2D eigenvalue weighted by Gasteiger charge is -2.28. The highest BCUT2D eigenvalue weighted by molar-refractivity contribution is 8.03. The van der Waals surface area contributed by atoms with Gasteiger partial charge in [-0.25, -0.2) is 0 Å². The van der Waals surface area contributed by atoms with E-state index in [9.17, 15) is 14.4 Å². The molecule has 1 heterocycles. The van der Waals surface area contributed by atoms with E-state index in [0.29, 0.717) is 26.9 Å². The van der Waals surface area contributed by atoms with Gasteiger partial charge in [-0.05, 0) is 23.8 Å². The zero-order valence-corrected chi connectivity index (χ0v) is 17.2. The van der Waals surface area contributed by atoms with Crippen LogP contribution in [0.3, 0.4) is 0 Å². The standard InChI is InChI=1S/C21H19ClN2O4S/c1-28-18(26)12-29-21-19(20(27)23-13-7-3-2-4-8-13)15(11-17(25)24-21)14-9-5-6-10-16(14)22/h2-10,15H,11-12H2,1H3,(H,23,27)(H,24,25). The summed E-state index contributed by atoms with van der Waals surface area (Å²) in [4.78, 5) is 37.2. The molecule has 1 atom stereocenters. The second-order valence-electron chi connectivity index (χ2n) is 6.25. The van der Waals surface area contributed by atoms with Gasteiger partial charge in [-0.2, -0.15) is 0 Å². The first-order chi connectivity index (χ1) is 14.0. The number of carbonyl (C=O) groups is 3. The number of rotatable bonds is 6. The molecule has 2 N–H and O–H groups in total. The van der Waals surface area contributed by atoms with Crippen molar-refractivity contribution in [3.63, 3.8) is 0 Å². The van der Waals surface area contributed by atoms with Crippen LogP contribution >= 0.6 is 23.4 Å². The Bertz CT molecular complexity index is 962. The van der Waals surface area contributed by atoms with Gasteiger partial charge in [-0.3, -0.25) is 14.4 Å². The Hall–Kier alpha value is -2.77. The number of ether oxygens (including phenoxy) is 1. The lowest BCUT2D eigenvalue weighted by Crippen LogP contribution is -2.35. The van der Waals surface area contributed by atoms with Crippen LogP contribution < -0.4 is 10.6 Å². The molecule has 150 valence electrons. The van der Waals surface area contributed by atoms with Gasteiger partial charge in [0.15, 0.2) is 0 Å². The van der Waals surface area contributed by atoms with Gasteiger partial charge in [0.25, 0.3) is 5.91 Å². The number of halogens is 1. The minimum absolute atomic E-state index is 0.0382. The number of anilines is 1. The zero-order chi connectivity index (χ0) is 20.8. The van der Waals surface area contributed by atoms with Crippen molar-refractivity contribution in [1.82, 2.24) is 5.32 Å². The smallest absolute Gasteiger partial charge is 0.316 e. The third-order valence-corrected chi connectivity index (χ3v) is 5.69. The van der Waals surface area contributed by atoms with Crippen molar-refractivity contribution in [3.8, 4) is 0 Å². The SMILES string of the molecule is COC(=O)CSC1=C(C(=O)Nc2ccccc2)C(c2ccccc2Cl)CC(=O)N1. The van der Waals surface area contributed by atoms with Crippen LogP contribution in [0.5, 0.6) is 0 Å². The molecular formula is C21H19ClN2O4S.